The fourth-order valence-corrected chi connectivity index (χ4v) is 4.53. The quantitative estimate of drug-likeness (QED) is 0.0878. The van der Waals surface area contributed by atoms with Crippen molar-refractivity contribution in [2.24, 2.45) is 10.9 Å². The molecule has 0 spiro atoms. The zero-order chi connectivity index (χ0) is 28.5. The van der Waals surface area contributed by atoms with Crippen LogP contribution in [-0.2, 0) is 19.8 Å². The average molecular weight is 582 g/mol. The van der Waals surface area contributed by atoms with Gasteiger partial charge in [-0.2, -0.15) is 0 Å². The third-order valence-electron chi connectivity index (χ3n) is 6.10. The molecule has 0 fully saturated rings. The lowest BCUT2D eigenvalue weighted by Crippen LogP contribution is -2.05. The van der Waals surface area contributed by atoms with Crippen LogP contribution in [0.1, 0.15) is 23.1 Å². The van der Waals surface area contributed by atoms with Crippen LogP contribution in [0.5, 0.6) is 17.2 Å². The van der Waals surface area contributed by atoms with E-state index in [-0.39, 0.29) is 37.7 Å². The molecule has 8 nitrogen and oxygen atoms in total. The van der Waals surface area contributed by atoms with Gasteiger partial charge in [-0.05, 0) is 46.6 Å². The van der Waals surface area contributed by atoms with Gasteiger partial charge in [-0.25, -0.2) is 0 Å². The Kier molecular flexibility index (Phi) is 10.2. The second-order valence-corrected chi connectivity index (χ2v) is 9.67. The molecule has 40 heavy (non-hydrogen) atoms. The van der Waals surface area contributed by atoms with Crippen LogP contribution in [0.15, 0.2) is 78.0 Å². The maximum atomic E-state index is 10.8. The fraction of sp³-hybridized carbons (Fsp3) is 0.200. The van der Waals surface area contributed by atoms with Crippen LogP contribution in [0.4, 0.5) is 11.4 Å². The zero-order valence-electron chi connectivity index (χ0n) is 21.6. The zero-order valence-corrected chi connectivity index (χ0v) is 23.1. The van der Waals surface area contributed by atoms with E-state index in [0.29, 0.717) is 45.9 Å². The predicted molar refractivity (Wildman–Crippen MR) is 158 cm³/mol. The number of nitroso groups, excluding NO2 is 1. The highest BCUT2D eigenvalue weighted by molar-refractivity contribution is 6.34. The van der Waals surface area contributed by atoms with Gasteiger partial charge in [0.25, 0.3) is 0 Å². The minimum atomic E-state index is 0.0729. The number of anilines is 1. The lowest BCUT2D eigenvalue weighted by atomic mass is 10.0. The monoisotopic (exact) mass is 581 g/mol. The third-order valence-corrected chi connectivity index (χ3v) is 6.84. The van der Waals surface area contributed by atoms with E-state index < -0.39 is 0 Å². The van der Waals surface area contributed by atoms with E-state index in [1.807, 2.05) is 42.5 Å². The largest absolute Gasteiger partial charge is 0.493 e. The lowest BCUT2D eigenvalue weighted by Gasteiger charge is -2.16. The number of nitrogen functional groups attached to an aromatic ring is 1. The molecule has 0 aliphatic carbocycles. The summed E-state index contributed by atoms with van der Waals surface area (Å²) >= 11 is 13.3. The number of halogens is 2. The Labute approximate surface area is 242 Å². The van der Waals surface area contributed by atoms with Gasteiger partial charge in [0, 0.05) is 42.3 Å². The summed E-state index contributed by atoms with van der Waals surface area (Å²) in [7, 11) is 0. The van der Waals surface area contributed by atoms with Crippen LogP contribution in [-0.4, -0.2) is 18.3 Å². The number of benzene rings is 4. The Morgan fingerprint density at radius 3 is 2.40 bits per heavy atom. The SMILES string of the molecule is NCc1cc(Cl)c(OCc2cccc(-c3cccc(OCCCO)c3)c2Cl)cc1OCc1ccc(N=O)c(N)c1. The van der Waals surface area contributed by atoms with Crippen molar-refractivity contribution in [3.05, 3.63) is 104 Å². The van der Waals surface area contributed by atoms with Crippen molar-refractivity contribution >= 4 is 34.6 Å². The van der Waals surface area contributed by atoms with Gasteiger partial charge in [0.05, 0.1) is 22.3 Å². The molecule has 0 saturated heterocycles. The summed E-state index contributed by atoms with van der Waals surface area (Å²) in [4.78, 5) is 10.8. The summed E-state index contributed by atoms with van der Waals surface area (Å²) < 4.78 is 17.8. The molecule has 4 aromatic rings. The lowest BCUT2D eigenvalue weighted by molar-refractivity contribution is 0.233. The Morgan fingerprint density at radius 2 is 1.65 bits per heavy atom. The number of hydrogen-bond acceptors (Lipinski definition) is 8. The molecule has 0 bridgehead atoms. The van der Waals surface area contributed by atoms with Crippen molar-refractivity contribution in [1.29, 1.82) is 0 Å². The van der Waals surface area contributed by atoms with E-state index in [0.717, 1.165) is 22.3 Å². The predicted octanol–water partition coefficient (Wildman–Crippen LogP) is 7.02. The molecule has 0 heterocycles. The fourth-order valence-electron chi connectivity index (χ4n) is 4.00. The molecule has 4 aromatic carbocycles. The first-order valence-electron chi connectivity index (χ1n) is 12.5. The number of nitrogens with two attached hydrogens (primary N) is 2. The van der Waals surface area contributed by atoms with Gasteiger partial charge in [-0.15, -0.1) is 4.91 Å². The highest BCUT2D eigenvalue weighted by Crippen LogP contribution is 2.36. The molecule has 0 atom stereocenters. The molecule has 0 unspecified atom stereocenters. The van der Waals surface area contributed by atoms with Crippen LogP contribution in [0, 0.1) is 4.91 Å². The summed E-state index contributed by atoms with van der Waals surface area (Å²) in [5.41, 5.74) is 16.2. The average Bonchev–Trinajstić information content (AvgIpc) is 2.96. The van der Waals surface area contributed by atoms with E-state index in [1.54, 1.807) is 30.3 Å². The van der Waals surface area contributed by atoms with Gasteiger partial charge < -0.3 is 30.8 Å². The van der Waals surface area contributed by atoms with Crippen LogP contribution in [0.3, 0.4) is 0 Å². The van der Waals surface area contributed by atoms with Crippen molar-refractivity contribution in [3.8, 4) is 28.4 Å². The van der Waals surface area contributed by atoms with Crippen molar-refractivity contribution in [1.82, 2.24) is 0 Å². The summed E-state index contributed by atoms with van der Waals surface area (Å²) in [6.07, 6.45) is 0.556. The number of rotatable bonds is 13. The first-order chi connectivity index (χ1) is 19.4. The summed E-state index contributed by atoms with van der Waals surface area (Å²) in [5.74, 6) is 1.62. The molecule has 0 aromatic heterocycles. The molecular formula is C30H29Cl2N3O5. The smallest absolute Gasteiger partial charge is 0.142 e. The van der Waals surface area contributed by atoms with E-state index in [9.17, 15) is 4.91 Å². The van der Waals surface area contributed by atoms with Crippen molar-refractivity contribution in [2.75, 3.05) is 18.9 Å². The minimum absolute atomic E-state index is 0.0729. The summed E-state index contributed by atoms with van der Waals surface area (Å²) in [6.45, 7) is 1.06. The normalized spacial score (nSPS) is 10.8. The number of aliphatic hydroxyl groups is 1. The first-order valence-corrected chi connectivity index (χ1v) is 13.3. The Bertz CT molecular complexity index is 1480. The summed E-state index contributed by atoms with van der Waals surface area (Å²) in [6, 6.07) is 21.6. The van der Waals surface area contributed by atoms with Gasteiger partial charge in [0.15, 0.2) is 0 Å². The van der Waals surface area contributed by atoms with Crippen LogP contribution < -0.4 is 25.7 Å². The number of aliphatic hydroxyl groups excluding tert-OH is 1. The van der Waals surface area contributed by atoms with Crippen molar-refractivity contribution in [2.45, 2.75) is 26.2 Å². The van der Waals surface area contributed by atoms with Gasteiger partial charge in [-0.3, -0.25) is 0 Å². The van der Waals surface area contributed by atoms with E-state index >= 15 is 0 Å². The summed E-state index contributed by atoms with van der Waals surface area (Å²) in [5, 5.41) is 12.8. The second-order valence-electron chi connectivity index (χ2n) is 8.89. The highest BCUT2D eigenvalue weighted by Gasteiger charge is 2.14. The maximum Gasteiger partial charge on any atom is 0.142 e. The molecule has 0 aliphatic rings. The minimum Gasteiger partial charge on any atom is -0.493 e. The molecular weight excluding hydrogens is 553 g/mol. The van der Waals surface area contributed by atoms with Gasteiger partial charge in [0.2, 0.25) is 0 Å². The van der Waals surface area contributed by atoms with E-state index in [4.69, 9.17) is 54.0 Å². The molecule has 0 aliphatic heterocycles. The third kappa shape index (κ3) is 7.22. The Balaban J connectivity index is 1.50. The van der Waals surface area contributed by atoms with Gasteiger partial charge in [0.1, 0.15) is 36.1 Å². The topological polar surface area (TPSA) is 129 Å². The Hall–Kier alpha value is -3.82. The van der Waals surface area contributed by atoms with Crippen molar-refractivity contribution < 1.29 is 19.3 Å². The van der Waals surface area contributed by atoms with Crippen LogP contribution >= 0.6 is 23.2 Å². The molecule has 0 radical (unpaired) electrons. The second kappa shape index (κ2) is 14.0. The molecule has 4 rings (SSSR count). The van der Waals surface area contributed by atoms with Crippen molar-refractivity contribution in [3.63, 3.8) is 0 Å². The molecule has 0 saturated carbocycles. The number of hydrogen-bond donors (Lipinski definition) is 3. The standard InChI is InChI=1S/C30H29Cl2N3O5/c31-25-14-22(16-33)28(39-17-19-8-9-27(35-37)26(34)12-19)15-29(25)40-18-21-5-2-7-24(30(21)32)20-4-1-6-23(13-20)38-11-3-10-36/h1-2,4-9,12-15,36H,3,10-11,16-18,33-34H2. The van der Waals surface area contributed by atoms with Crippen LogP contribution in [0.25, 0.3) is 11.1 Å². The highest BCUT2D eigenvalue weighted by atomic mass is 35.5. The molecule has 208 valence electrons. The molecule has 0 amide bonds. The first kappa shape index (κ1) is 29.2. The molecule has 10 heteroatoms. The van der Waals surface area contributed by atoms with E-state index in [1.165, 1.54) is 0 Å². The van der Waals surface area contributed by atoms with Crippen LogP contribution in [0.2, 0.25) is 10.0 Å². The molecule has 5 N–H and O–H groups in total. The van der Waals surface area contributed by atoms with E-state index in [2.05, 4.69) is 5.18 Å². The number of nitrogens with zero attached hydrogens (tertiary/aromatic N) is 1. The van der Waals surface area contributed by atoms with Gasteiger partial charge >= 0.3 is 0 Å². The Morgan fingerprint density at radius 1 is 0.850 bits per heavy atom. The maximum absolute atomic E-state index is 10.8. The van der Waals surface area contributed by atoms with Gasteiger partial charge in [-0.1, -0.05) is 59.6 Å². The number of ether oxygens (including phenoxy) is 3.